The average Bonchev–Trinajstić information content (AvgIpc) is 2.24. The minimum Gasteiger partial charge on any atom is -0.468 e. The topological polar surface area (TPSA) is 58.6 Å². The van der Waals surface area contributed by atoms with E-state index < -0.39 is 4.83 Å². The number of hydrogen-bond donors (Lipinski definition) is 1. The molecule has 94 valence electrons. The van der Waals surface area contributed by atoms with Gasteiger partial charge in [0.15, 0.2) is 0 Å². The predicted molar refractivity (Wildman–Crippen MR) is 65.5 cm³/mol. The molecule has 1 atom stereocenters. The molecule has 0 radical (unpaired) electrons. The molecule has 0 aromatic heterocycles. The molecule has 0 aliphatic carbocycles. The predicted octanol–water partition coefficient (Wildman–Crippen LogP) is 0.381. The molecule has 0 saturated heterocycles. The third-order valence-electron chi connectivity index (χ3n) is 1.91. The van der Waals surface area contributed by atoms with Crippen molar-refractivity contribution < 1.29 is 14.3 Å². The van der Waals surface area contributed by atoms with Gasteiger partial charge in [-0.2, -0.15) is 0 Å². The Hall–Kier alpha value is -0.620. The molecule has 16 heavy (non-hydrogen) atoms. The molecule has 0 heterocycles. The number of likely N-dealkylation sites (N-methyl/N-ethyl adjacent to an activating group) is 1. The quantitative estimate of drug-likeness (QED) is 0.545. The third kappa shape index (κ3) is 6.79. The van der Waals surface area contributed by atoms with Crippen LogP contribution in [0.4, 0.5) is 0 Å². The normalized spacial score (nSPS) is 12.3. The van der Waals surface area contributed by atoms with Gasteiger partial charge in [0.05, 0.1) is 13.7 Å². The SMILES string of the molecule is CCCNC(=O)CN(C)CC(Br)C(=O)OC. The van der Waals surface area contributed by atoms with E-state index >= 15 is 0 Å². The first-order chi connectivity index (χ1) is 7.51. The van der Waals surface area contributed by atoms with Gasteiger partial charge in [0.1, 0.15) is 4.83 Å². The van der Waals surface area contributed by atoms with E-state index in [0.717, 1.165) is 6.42 Å². The summed E-state index contributed by atoms with van der Waals surface area (Å²) in [6.45, 7) is 3.39. The number of esters is 1. The lowest BCUT2D eigenvalue weighted by Gasteiger charge is -2.18. The number of amides is 1. The fourth-order valence-corrected chi connectivity index (χ4v) is 1.79. The molecular weight excluding hydrogens is 276 g/mol. The number of nitrogens with one attached hydrogen (secondary N) is 1. The molecule has 5 nitrogen and oxygen atoms in total. The van der Waals surface area contributed by atoms with Crippen LogP contribution in [0.5, 0.6) is 0 Å². The smallest absolute Gasteiger partial charge is 0.320 e. The summed E-state index contributed by atoms with van der Waals surface area (Å²) in [5.74, 6) is -0.366. The molecule has 0 fully saturated rings. The number of rotatable bonds is 7. The van der Waals surface area contributed by atoms with Gasteiger partial charge in [-0.05, 0) is 13.5 Å². The maximum atomic E-state index is 11.3. The number of methoxy groups -OCH3 is 1. The zero-order chi connectivity index (χ0) is 12.6. The van der Waals surface area contributed by atoms with Crippen LogP contribution < -0.4 is 5.32 Å². The minimum absolute atomic E-state index is 0.0334. The van der Waals surface area contributed by atoms with Gasteiger partial charge < -0.3 is 10.1 Å². The molecule has 0 spiro atoms. The fourth-order valence-electron chi connectivity index (χ4n) is 1.11. The molecule has 1 unspecified atom stereocenters. The van der Waals surface area contributed by atoms with Crippen LogP contribution in [0, 0.1) is 0 Å². The Kier molecular flexibility index (Phi) is 8.19. The van der Waals surface area contributed by atoms with Gasteiger partial charge in [-0.1, -0.05) is 22.9 Å². The van der Waals surface area contributed by atoms with Crippen LogP contribution in [0.2, 0.25) is 0 Å². The highest BCUT2D eigenvalue weighted by Crippen LogP contribution is 2.03. The third-order valence-corrected chi connectivity index (χ3v) is 2.58. The van der Waals surface area contributed by atoms with Crippen molar-refractivity contribution >= 4 is 27.8 Å². The van der Waals surface area contributed by atoms with Crippen LogP contribution in [0.25, 0.3) is 0 Å². The Bertz CT molecular complexity index is 236. The van der Waals surface area contributed by atoms with E-state index in [2.05, 4.69) is 26.0 Å². The van der Waals surface area contributed by atoms with Gasteiger partial charge in [-0.25, -0.2) is 0 Å². The second kappa shape index (κ2) is 8.52. The Morgan fingerprint density at radius 3 is 2.62 bits per heavy atom. The summed E-state index contributed by atoms with van der Waals surface area (Å²) >= 11 is 3.20. The second-order valence-corrected chi connectivity index (χ2v) is 4.64. The van der Waals surface area contributed by atoms with Crippen molar-refractivity contribution in [1.29, 1.82) is 0 Å². The van der Waals surface area contributed by atoms with Crippen molar-refractivity contribution in [3.63, 3.8) is 0 Å². The number of ether oxygens (including phenoxy) is 1. The summed E-state index contributed by atoms with van der Waals surface area (Å²) in [4.78, 5) is 23.8. The average molecular weight is 295 g/mol. The van der Waals surface area contributed by atoms with Crippen molar-refractivity contribution in [2.24, 2.45) is 0 Å². The summed E-state index contributed by atoms with van der Waals surface area (Å²) in [6.07, 6.45) is 0.915. The zero-order valence-electron chi connectivity index (χ0n) is 9.96. The molecule has 6 heteroatoms. The highest BCUT2D eigenvalue weighted by molar-refractivity contribution is 9.10. The lowest BCUT2D eigenvalue weighted by atomic mass is 10.4. The Labute approximate surface area is 105 Å². The molecule has 1 amide bonds. The summed E-state index contributed by atoms with van der Waals surface area (Å²) < 4.78 is 4.57. The number of nitrogens with zero attached hydrogens (tertiary/aromatic N) is 1. The van der Waals surface area contributed by atoms with Gasteiger partial charge in [0.25, 0.3) is 0 Å². The van der Waals surface area contributed by atoms with Gasteiger partial charge in [-0.3, -0.25) is 14.5 Å². The molecule has 0 aliphatic rings. The highest BCUT2D eigenvalue weighted by atomic mass is 79.9. The first kappa shape index (κ1) is 15.4. The van der Waals surface area contributed by atoms with Crippen LogP contribution in [-0.4, -0.2) is 55.4 Å². The molecule has 1 N–H and O–H groups in total. The van der Waals surface area contributed by atoms with E-state index in [1.54, 1.807) is 11.9 Å². The summed E-state index contributed by atoms with van der Waals surface area (Å²) in [7, 11) is 3.12. The molecule has 0 saturated carbocycles. The Morgan fingerprint density at radius 2 is 2.12 bits per heavy atom. The van der Waals surface area contributed by atoms with Crippen molar-refractivity contribution in [3.8, 4) is 0 Å². The molecule has 0 aromatic carbocycles. The first-order valence-electron chi connectivity index (χ1n) is 5.18. The number of hydrogen-bond acceptors (Lipinski definition) is 4. The van der Waals surface area contributed by atoms with Gasteiger partial charge in [-0.15, -0.1) is 0 Å². The van der Waals surface area contributed by atoms with Crippen LogP contribution in [-0.2, 0) is 14.3 Å². The van der Waals surface area contributed by atoms with E-state index in [1.807, 2.05) is 6.92 Å². The van der Waals surface area contributed by atoms with E-state index in [4.69, 9.17) is 0 Å². The van der Waals surface area contributed by atoms with Gasteiger partial charge in [0.2, 0.25) is 5.91 Å². The van der Waals surface area contributed by atoms with Gasteiger partial charge in [0, 0.05) is 13.1 Å². The first-order valence-corrected chi connectivity index (χ1v) is 6.10. The highest BCUT2D eigenvalue weighted by Gasteiger charge is 2.18. The maximum Gasteiger partial charge on any atom is 0.320 e. The van der Waals surface area contributed by atoms with Crippen LogP contribution >= 0.6 is 15.9 Å². The van der Waals surface area contributed by atoms with Crippen LogP contribution in [0.15, 0.2) is 0 Å². The van der Waals surface area contributed by atoms with Crippen LogP contribution in [0.1, 0.15) is 13.3 Å². The van der Waals surface area contributed by atoms with E-state index in [0.29, 0.717) is 13.1 Å². The minimum atomic E-state index is -0.401. The molecular formula is C10H19BrN2O3. The van der Waals surface area contributed by atoms with Gasteiger partial charge >= 0.3 is 5.97 Å². The van der Waals surface area contributed by atoms with Crippen molar-refractivity contribution in [1.82, 2.24) is 10.2 Å². The van der Waals surface area contributed by atoms with Crippen molar-refractivity contribution in [2.75, 3.05) is 33.8 Å². The molecule has 0 aromatic rings. The monoisotopic (exact) mass is 294 g/mol. The van der Waals surface area contributed by atoms with Crippen LogP contribution in [0.3, 0.4) is 0 Å². The Balaban J connectivity index is 3.84. The van der Waals surface area contributed by atoms with E-state index in [-0.39, 0.29) is 18.4 Å². The van der Waals surface area contributed by atoms with E-state index in [9.17, 15) is 9.59 Å². The number of carbonyl (C=O) groups excluding carboxylic acids is 2. The van der Waals surface area contributed by atoms with E-state index in [1.165, 1.54) is 7.11 Å². The number of carbonyl (C=O) groups is 2. The molecule has 0 aliphatic heterocycles. The van der Waals surface area contributed by atoms with Crippen molar-refractivity contribution in [3.05, 3.63) is 0 Å². The maximum absolute atomic E-state index is 11.3. The lowest BCUT2D eigenvalue weighted by Crippen LogP contribution is -2.39. The lowest BCUT2D eigenvalue weighted by molar-refractivity contribution is -0.140. The second-order valence-electron chi connectivity index (χ2n) is 3.54. The summed E-state index contributed by atoms with van der Waals surface area (Å²) in [5.41, 5.74) is 0. The number of halogens is 1. The number of alkyl halides is 1. The Morgan fingerprint density at radius 1 is 1.50 bits per heavy atom. The molecule has 0 bridgehead atoms. The fraction of sp³-hybridized carbons (Fsp3) is 0.800. The van der Waals surface area contributed by atoms with Crippen molar-refractivity contribution in [2.45, 2.75) is 18.2 Å². The molecule has 0 rings (SSSR count). The summed E-state index contributed by atoms with van der Waals surface area (Å²) in [6, 6.07) is 0. The zero-order valence-corrected chi connectivity index (χ0v) is 11.5. The standard InChI is InChI=1S/C10H19BrN2O3/c1-4-5-12-9(14)7-13(2)6-8(11)10(15)16-3/h8H,4-7H2,1-3H3,(H,12,14). The largest absolute Gasteiger partial charge is 0.468 e. The summed E-state index contributed by atoms with van der Waals surface area (Å²) in [5, 5.41) is 2.77.